The lowest BCUT2D eigenvalue weighted by Gasteiger charge is -2.15. The summed E-state index contributed by atoms with van der Waals surface area (Å²) in [6.45, 7) is 1.38. The first kappa shape index (κ1) is 23.4. The van der Waals surface area contributed by atoms with E-state index in [0.29, 0.717) is 28.0 Å². The minimum Gasteiger partial charge on any atom is -0.483 e. The lowest BCUT2D eigenvalue weighted by atomic mass is 10.0. The minimum absolute atomic E-state index is 0.225. The summed E-state index contributed by atoms with van der Waals surface area (Å²) in [6, 6.07) is 19.3. The Morgan fingerprint density at radius 1 is 1.00 bits per heavy atom. The van der Waals surface area contributed by atoms with Gasteiger partial charge in [0, 0.05) is 22.5 Å². The molecule has 7 nitrogen and oxygen atoms in total. The van der Waals surface area contributed by atoms with Gasteiger partial charge in [-0.2, -0.15) is 11.8 Å². The fourth-order valence-electron chi connectivity index (χ4n) is 3.64. The first-order valence-electron chi connectivity index (χ1n) is 10.7. The summed E-state index contributed by atoms with van der Waals surface area (Å²) in [6.07, 6.45) is 0. The van der Waals surface area contributed by atoms with E-state index in [4.69, 9.17) is 9.15 Å². The number of amides is 1. The van der Waals surface area contributed by atoms with E-state index < -0.39 is 23.5 Å². The van der Waals surface area contributed by atoms with Crippen LogP contribution in [0.25, 0.3) is 21.7 Å². The van der Waals surface area contributed by atoms with E-state index in [9.17, 15) is 19.5 Å². The van der Waals surface area contributed by atoms with Crippen LogP contribution in [-0.2, 0) is 15.3 Å². The molecule has 0 saturated heterocycles. The Bertz CT molecular complexity index is 1400. The van der Waals surface area contributed by atoms with Crippen molar-refractivity contribution in [2.75, 3.05) is 12.4 Å². The molecule has 4 aromatic rings. The third kappa shape index (κ3) is 5.23. The molecule has 0 aliphatic carbocycles. The summed E-state index contributed by atoms with van der Waals surface area (Å²) < 4.78 is 11.2. The molecule has 0 unspecified atom stereocenters. The van der Waals surface area contributed by atoms with Crippen molar-refractivity contribution >= 4 is 45.4 Å². The Morgan fingerprint density at radius 2 is 1.71 bits per heavy atom. The number of fused-ring (bicyclic) bond motifs is 3. The van der Waals surface area contributed by atoms with Gasteiger partial charge in [-0.25, -0.2) is 9.59 Å². The number of carbonyl (C=O) groups is 2. The van der Waals surface area contributed by atoms with Gasteiger partial charge in [-0.05, 0) is 36.1 Å². The Hall–Kier alpha value is -3.78. The van der Waals surface area contributed by atoms with Crippen molar-refractivity contribution in [3.8, 4) is 5.75 Å². The van der Waals surface area contributed by atoms with Crippen LogP contribution in [0.15, 0.2) is 75.9 Å². The van der Waals surface area contributed by atoms with Crippen LogP contribution in [0.3, 0.4) is 0 Å². The van der Waals surface area contributed by atoms with E-state index in [1.807, 2.05) is 42.5 Å². The number of carboxylic acid groups (broad SMARTS) is 1. The van der Waals surface area contributed by atoms with Crippen molar-refractivity contribution in [3.05, 3.63) is 88.3 Å². The van der Waals surface area contributed by atoms with Gasteiger partial charge in [0.2, 0.25) is 0 Å². The molecule has 0 saturated carbocycles. The molecule has 1 aromatic heterocycles. The second-order valence-electron chi connectivity index (χ2n) is 7.75. The lowest BCUT2D eigenvalue weighted by molar-refractivity contribution is -0.141. The summed E-state index contributed by atoms with van der Waals surface area (Å²) >= 11 is 1.43. The summed E-state index contributed by atoms with van der Waals surface area (Å²) in [4.78, 5) is 36.3. The second-order valence-corrected chi connectivity index (χ2v) is 8.78. The topological polar surface area (TPSA) is 106 Å². The SMILES string of the molecule is Cc1c(OCC(=O)N[C@@H](CSCc2ccccc2)C(=O)O)ccc2c1oc(=O)c1ccccc12. The van der Waals surface area contributed by atoms with Crippen molar-refractivity contribution in [2.45, 2.75) is 18.7 Å². The molecule has 1 atom stereocenters. The maximum Gasteiger partial charge on any atom is 0.344 e. The molecule has 4 rings (SSSR count). The first-order valence-corrected chi connectivity index (χ1v) is 11.8. The maximum absolute atomic E-state index is 12.4. The van der Waals surface area contributed by atoms with E-state index in [1.54, 1.807) is 31.2 Å². The predicted molar refractivity (Wildman–Crippen MR) is 132 cm³/mol. The molecule has 0 bridgehead atoms. The standard InChI is InChI=1S/C26H23NO6S/c1-16-22(12-11-19-18-9-5-6-10-20(18)26(31)33-24(16)19)32-13-23(28)27-21(25(29)30)15-34-14-17-7-3-2-4-8-17/h2-12,21H,13-15H2,1H3,(H,27,28)(H,29,30)/t21-/m0/s1. The molecule has 34 heavy (non-hydrogen) atoms. The van der Waals surface area contributed by atoms with Gasteiger partial charge in [-0.15, -0.1) is 0 Å². The number of thioether (sulfide) groups is 1. The molecule has 8 heteroatoms. The number of nitrogens with one attached hydrogen (secondary N) is 1. The number of aryl methyl sites for hydroxylation is 1. The van der Waals surface area contributed by atoms with Gasteiger partial charge in [-0.1, -0.05) is 48.5 Å². The Labute approximate surface area is 199 Å². The molecule has 0 fully saturated rings. The number of rotatable bonds is 9. The van der Waals surface area contributed by atoms with Gasteiger partial charge >= 0.3 is 11.6 Å². The molecule has 0 aliphatic rings. The summed E-state index contributed by atoms with van der Waals surface area (Å²) in [5.74, 6) is -0.404. The monoisotopic (exact) mass is 477 g/mol. The molecule has 2 N–H and O–H groups in total. The van der Waals surface area contributed by atoms with Crippen LogP contribution in [0.2, 0.25) is 0 Å². The number of carbonyl (C=O) groups excluding carboxylic acids is 1. The van der Waals surface area contributed by atoms with Crippen molar-refractivity contribution in [2.24, 2.45) is 0 Å². The third-order valence-electron chi connectivity index (χ3n) is 5.38. The highest BCUT2D eigenvalue weighted by atomic mass is 32.2. The van der Waals surface area contributed by atoms with Gasteiger partial charge in [0.1, 0.15) is 17.4 Å². The fraction of sp³-hybridized carbons (Fsp3) is 0.192. The zero-order valence-electron chi connectivity index (χ0n) is 18.4. The van der Waals surface area contributed by atoms with Crippen molar-refractivity contribution in [3.63, 3.8) is 0 Å². The van der Waals surface area contributed by atoms with E-state index >= 15 is 0 Å². The number of benzene rings is 3. The van der Waals surface area contributed by atoms with Crippen LogP contribution in [-0.4, -0.2) is 35.4 Å². The van der Waals surface area contributed by atoms with Gasteiger partial charge < -0.3 is 19.6 Å². The Kier molecular flexibility index (Phi) is 7.18. The van der Waals surface area contributed by atoms with Crippen molar-refractivity contribution in [1.82, 2.24) is 5.32 Å². The quantitative estimate of drug-likeness (QED) is 0.276. The van der Waals surface area contributed by atoms with Crippen LogP contribution in [0.4, 0.5) is 0 Å². The molecule has 0 aliphatic heterocycles. The average Bonchev–Trinajstić information content (AvgIpc) is 2.84. The van der Waals surface area contributed by atoms with Gasteiger partial charge in [0.15, 0.2) is 6.61 Å². The highest BCUT2D eigenvalue weighted by Crippen LogP contribution is 2.30. The highest BCUT2D eigenvalue weighted by Gasteiger charge is 2.21. The third-order valence-corrected chi connectivity index (χ3v) is 6.48. The van der Waals surface area contributed by atoms with E-state index in [-0.39, 0.29) is 12.4 Å². The summed E-state index contributed by atoms with van der Waals surface area (Å²) in [5.41, 5.74) is 1.61. The molecule has 1 amide bonds. The van der Waals surface area contributed by atoms with Crippen LogP contribution >= 0.6 is 11.8 Å². The molecule has 174 valence electrons. The number of carboxylic acids is 1. The number of ether oxygens (including phenoxy) is 1. The maximum atomic E-state index is 12.4. The molecule has 0 spiro atoms. The average molecular weight is 478 g/mol. The van der Waals surface area contributed by atoms with E-state index in [1.165, 1.54) is 11.8 Å². The Morgan fingerprint density at radius 3 is 2.44 bits per heavy atom. The zero-order valence-corrected chi connectivity index (χ0v) is 19.3. The first-order chi connectivity index (χ1) is 16.4. The summed E-state index contributed by atoms with van der Waals surface area (Å²) in [7, 11) is 0. The molecular weight excluding hydrogens is 454 g/mol. The number of aliphatic carboxylic acids is 1. The van der Waals surface area contributed by atoms with Gasteiger partial charge in [0.05, 0.1) is 5.39 Å². The fourth-order valence-corrected chi connectivity index (χ4v) is 4.65. The van der Waals surface area contributed by atoms with Crippen LogP contribution < -0.4 is 15.7 Å². The second kappa shape index (κ2) is 10.4. The Balaban J connectivity index is 1.40. The van der Waals surface area contributed by atoms with Gasteiger partial charge in [0.25, 0.3) is 5.91 Å². The highest BCUT2D eigenvalue weighted by molar-refractivity contribution is 7.98. The molecule has 1 heterocycles. The zero-order chi connectivity index (χ0) is 24.1. The van der Waals surface area contributed by atoms with Crippen molar-refractivity contribution in [1.29, 1.82) is 0 Å². The smallest absolute Gasteiger partial charge is 0.344 e. The van der Waals surface area contributed by atoms with Crippen LogP contribution in [0.1, 0.15) is 11.1 Å². The normalized spacial score (nSPS) is 11.9. The molecule has 3 aromatic carbocycles. The minimum atomic E-state index is -1.11. The summed E-state index contributed by atoms with van der Waals surface area (Å²) in [5, 5.41) is 14.0. The van der Waals surface area contributed by atoms with E-state index in [2.05, 4.69) is 5.32 Å². The van der Waals surface area contributed by atoms with Crippen LogP contribution in [0, 0.1) is 6.92 Å². The number of hydrogen-bond donors (Lipinski definition) is 2. The lowest BCUT2D eigenvalue weighted by Crippen LogP contribution is -2.44. The molecular formula is C26H23NO6S. The van der Waals surface area contributed by atoms with Gasteiger partial charge in [-0.3, -0.25) is 4.79 Å². The predicted octanol–water partition coefficient (Wildman–Crippen LogP) is 4.14. The van der Waals surface area contributed by atoms with Crippen molar-refractivity contribution < 1.29 is 23.8 Å². The number of hydrogen-bond acceptors (Lipinski definition) is 6. The largest absolute Gasteiger partial charge is 0.483 e. The van der Waals surface area contributed by atoms with Crippen LogP contribution in [0.5, 0.6) is 5.75 Å². The van der Waals surface area contributed by atoms with E-state index in [0.717, 1.165) is 16.3 Å². The molecule has 0 radical (unpaired) electrons.